The number of phenols is 1. The number of nitrogens with zero attached hydrogens (tertiary/aromatic N) is 3. The first-order chi connectivity index (χ1) is 15.9. The van der Waals surface area contributed by atoms with E-state index in [9.17, 15) is 19.4 Å². The fraction of sp³-hybridized carbons (Fsp3) is 0.375. The number of halogens is 1. The number of fused-ring (bicyclic) bond motifs is 1. The molecule has 5 rings (SSSR count). The minimum atomic E-state index is -1.06. The fourth-order valence-electron chi connectivity index (χ4n) is 5.07. The minimum absolute atomic E-state index is 0.0534. The van der Waals surface area contributed by atoms with E-state index < -0.39 is 11.9 Å². The molecule has 9 heteroatoms. The number of phenolic OH excluding ortho intramolecular Hbond substituents is 1. The van der Waals surface area contributed by atoms with Crippen LogP contribution in [0.5, 0.6) is 5.75 Å². The molecule has 2 aliphatic heterocycles. The first kappa shape index (κ1) is 21.4. The Bertz CT molecular complexity index is 1190. The molecule has 0 aliphatic carbocycles. The number of aryl methyl sites for hydroxylation is 1. The molecule has 2 aromatic carbocycles. The molecule has 172 valence electrons. The van der Waals surface area contributed by atoms with Crippen LogP contribution in [0.25, 0.3) is 22.3 Å². The lowest BCUT2D eigenvalue weighted by atomic mass is 9.93. The molecule has 3 aromatic rings. The monoisotopic (exact) mass is 452 g/mol. The Morgan fingerprint density at radius 2 is 2.09 bits per heavy atom. The number of amides is 1. The van der Waals surface area contributed by atoms with Gasteiger partial charge in [-0.25, -0.2) is 19.2 Å². The van der Waals surface area contributed by atoms with Crippen molar-refractivity contribution in [3.63, 3.8) is 0 Å². The zero-order valence-corrected chi connectivity index (χ0v) is 18.2. The van der Waals surface area contributed by atoms with Crippen molar-refractivity contribution < 1.29 is 24.1 Å². The molecule has 0 spiro atoms. The van der Waals surface area contributed by atoms with E-state index in [2.05, 4.69) is 15.2 Å². The van der Waals surface area contributed by atoms with Crippen molar-refractivity contribution in [2.75, 3.05) is 24.7 Å². The van der Waals surface area contributed by atoms with Gasteiger partial charge in [-0.15, -0.1) is 0 Å². The van der Waals surface area contributed by atoms with Crippen molar-refractivity contribution in [3.8, 4) is 17.1 Å². The number of aromatic nitrogens is 2. The highest BCUT2D eigenvalue weighted by molar-refractivity contribution is 5.92. The van der Waals surface area contributed by atoms with Crippen molar-refractivity contribution in [1.29, 1.82) is 0 Å². The standard InChI is InChI=1S/C24H25FN4O4/c1-13-5-6-15-18(11-13)26-22(20-16(25)3-2-4-19(20)30)28-23(15)29-9-7-17(27-24(31)32)21(29)14-8-10-33-12-14/h2-6,11,14,17,21,27,30H,7-10,12H2,1H3,(H,31,32). The summed E-state index contributed by atoms with van der Waals surface area (Å²) in [5.41, 5.74) is 1.57. The molecule has 3 unspecified atom stereocenters. The van der Waals surface area contributed by atoms with Gasteiger partial charge < -0.3 is 25.2 Å². The van der Waals surface area contributed by atoms with E-state index >= 15 is 0 Å². The molecule has 0 saturated carbocycles. The number of ether oxygens (including phenoxy) is 1. The number of carbonyl (C=O) groups is 1. The Balaban J connectivity index is 1.68. The normalized spacial score (nSPS) is 22.7. The van der Waals surface area contributed by atoms with Crippen molar-refractivity contribution in [3.05, 3.63) is 47.8 Å². The molecule has 8 nitrogen and oxygen atoms in total. The molecule has 2 fully saturated rings. The van der Waals surface area contributed by atoms with Crippen molar-refractivity contribution in [2.24, 2.45) is 5.92 Å². The van der Waals surface area contributed by atoms with Crippen LogP contribution in [-0.2, 0) is 4.74 Å². The Hall–Kier alpha value is -3.46. The number of hydrogen-bond acceptors (Lipinski definition) is 6. The molecule has 0 radical (unpaired) electrons. The van der Waals surface area contributed by atoms with Crippen LogP contribution in [0.4, 0.5) is 15.0 Å². The molecule has 2 saturated heterocycles. The number of benzene rings is 2. The van der Waals surface area contributed by atoms with E-state index in [1.165, 1.54) is 18.2 Å². The summed E-state index contributed by atoms with van der Waals surface area (Å²) in [5.74, 6) is -0.0230. The topological polar surface area (TPSA) is 108 Å². The average molecular weight is 452 g/mol. The number of hydrogen-bond donors (Lipinski definition) is 3. The van der Waals surface area contributed by atoms with Crippen LogP contribution < -0.4 is 10.2 Å². The smallest absolute Gasteiger partial charge is 0.404 e. The molecule has 1 amide bonds. The lowest BCUT2D eigenvalue weighted by Crippen LogP contribution is -2.49. The predicted molar refractivity (Wildman–Crippen MR) is 121 cm³/mol. The predicted octanol–water partition coefficient (Wildman–Crippen LogP) is 3.70. The maximum Gasteiger partial charge on any atom is 0.404 e. The second kappa shape index (κ2) is 8.47. The fourth-order valence-corrected chi connectivity index (χ4v) is 5.07. The van der Waals surface area contributed by atoms with E-state index in [1.807, 2.05) is 25.1 Å². The van der Waals surface area contributed by atoms with Crippen LogP contribution in [0.2, 0.25) is 0 Å². The second-order valence-corrected chi connectivity index (χ2v) is 8.68. The number of anilines is 1. The Morgan fingerprint density at radius 3 is 2.82 bits per heavy atom. The molecular formula is C24H25FN4O4. The summed E-state index contributed by atoms with van der Waals surface area (Å²) < 4.78 is 20.3. The van der Waals surface area contributed by atoms with E-state index in [0.717, 1.165) is 17.4 Å². The van der Waals surface area contributed by atoms with Gasteiger partial charge in [0.2, 0.25) is 0 Å². The molecule has 3 heterocycles. The first-order valence-electron chi connectivity index (χ1n) is 11.0. The molecule has 0 bridgehead atoms. The van der Waals surface area contributed by atoms with Crippen LogP contribution in [0, 0.1) is 18.7 Å². The Morgan fingerprint density at radius 1 is 1.24 bits per heavy atom. The summed E-state index contributed by atoms with van der Waals surface area (Å²) in [5, 5.41) is 23.2. The third-order valence-electron chi connectivity index (χ3n) is 6.53. The van der Waals surface area contributed by atoms with Crippen LogP contribution in [0.1, 0.15) is 18.4 Å². The molecule has 1 aromatic heterocycles. The van der Waals surface area contributed by atoms with Crippen LogP contribution in [0.15, 0.2) is 36.4 Å². The number of rotatable bonds is 4. The van der Waals surface area contributed by atoms with Crippen molar-refractivity contribution in [2.45, 2.75) is 31.8 Å². The van der Waals surface area contributed by atoms with Gasteiger partial charge in [0.1, 0.15) is 17.4 Å². The van der Waals surface area contributed by atoms with Crippen molar-refractivity contribution in [1.82, 2.24) is 15.3 Å². The van der Waals surface area contributed by atoms with E-state index in [0.29, 0.717) is 37.5 Å². The van der Waals surface area contributed by atoms with Crippen LogP contribution in [0.3, 0.4) is 0 Å². The molecule has 2 aliphatic rings. The lowest BCUT2D eigenvalue weighted by Gasteiger charge is -2.33. The van der Waals surface area contributed by atoms with Gasteiger partial charge in [0.05, 0.1) is 29.8 Å². The number of nitrogens with one attached hydrogen (secondary N) is 1. The maximum atomic E-state index is 14.7. The third-order valence-corrected chi connectivity index (χ3v) is 6.53. The zero-order valence-electron chi connectivity index (χ0n) is 18.2. The third kappa shape index (κ3) is 3.93. The summed E-state index contributed by atoms with van der Waals surface area (Å²) in [7, 11) is 0. The quantitative estimate of drug-likeness (QED) is 0.554. The van der Waals surface area contributed by atoms with E-state index in [4.69, 9.17) is 9.72 Å². The van der Waals surface area contributed by atoms with Gasteiger partial charge in [0.15, 0.2) is 5.82 Å². The Kier molecular flexibility index (Phi) is 5.49. The zero-order chi connectivity index (χ0) is 23.1. The van der Waals surface area contributed by atoms with Crippen LogP contribution >= 0.6 is 0 Å². The average Bonchev–Trinajstić information content (AvgIpc) is 3.42. The summed E-state index contributed by atoms with van der Waals surface area (Å²) in [6.07, 6.45) is 0.374. The van der Waals surface area contributed by atoms with Gasteiger partial charge in [-0.1, -0.05) is 12.1 Å². The minimum Gasteiger partial charge on any atom is -0.507 e. The summed E-state index contributed by atoms with van der Waals surface area (Å²) in [6.45, 7) is 3.70. The second-order valence-electron chi connectivity index (χ2n) is 8.68. The number of carboxylic acid groups (broad SMARTS) is 1. The van der Waals surface area contributed by atoms with E-state index in [1.54, 1.807) is 0 Å². The van der Waals surface area contributed by atoms with Gasteiger partial charge in [-0.3, -0.25) is 0 Å². The summed E-state index contributed by atoms with van der Waals surface area (Å²) in [4.78, 5) is 22.9. The largest absolute Gasteiger partial charge is 0.507 e. The highest BCUT2D eigenvalue weighted by Gasteiger charge is 2.43. The summed E-state index contributed by atoms with van der Waals surface area (Å²) in [6, 6.07) is 9.46. The van der Waals surface area contributed by atoms with Crippen LogP contribution in [-0.4, -0.2) is 58.1 Å². The highest BCUT2D eigenvalue weighted by atomic mass is 19.1. The maximum absolute atomic E-state index is 14.7. The first-order valence-corrected chi connectivity index (χ1v) is 11.0. The van der Waals surface area contributed by atoms with Gasteiger partial charge in [0.25, 0.3) is 0 Å². The number of aromatic hydroxyl groups is 1. The van der Waals surface area contributed by atoms with Gasteiger partial charge >= 0.3 is 6.09 Å². The highest BCUT2D eigenvalue weighted by Crippen LogP contribution is 2.38. The van der Waals surface area contributed by atoms with Gasteiger partial charge in [-0.05, 0) is 49.6 Å². The molecule has 33 heavy (non-hydrogen) atoms. The van der Waals surface area contributed by atoms with Crippen molar-refractivity contribution >= 4 is 22.8 Å². The van der Waals surface area contributed by atoms with Gasteiger partial charge in [0, 0.05) is 24.5 Å². The summed E-state index contributed by atoms with van der Waals surface area (Å²) >= 11 is 0. The molecule has 3 N–H and O–H groups in total. The van der Waals surface area contributed by atoms with Gasteiger partial charge in [-0.2, -0.15) is 0 Å². The Labute approximate surface area is 190 Å². The lowest BCUT2D eigenvalue weighted by molar-refractivity contribution is 0.171. The molecular weight excluding hydrogens is 427 g/mol. The SMILES string of the molecule is Cc1ccc2c(N3CCC(NC(=O)O)C3C3CCOC3)nc(-c3c(O)cccc3F)nc2c1. The van der Waals surface area contributed by atoms with E-state index in [-0.39, 0.29) is 35.1 Å². The molecule has 3 atom stereocenters.